The Balaban J connectivity index is 2.86. The molecule has 0 bridgehead atoms. The Morgan fingerprint density at radius 1 is 1.44 bits per heavy atom. The maximum absolute atomic E-state index is 11.5. The quantitative estimate of drug-likeness (QED) is 0.775. The predicted molar refractivity (Wildman–Crippen MR) is 59.6 cm³/mol. The van der Waals surface area contributed by atoms with Gasteiger partial charge in [0.05, 0.1) is 18.2 Å². The van der Waals surface area contributed by atoms with Crippen LogP contribution in [0.15, 0.2) is 29.2 Å². The monoisotopic (exact) mass is 218 g/mol. The van der Waals surface area contributed by atoms with E-state index >= 15 is 0 Å². The van der Waals surface area contributed by atoms with Gasteiger partial charge < -0.3 is 15.5 Å². The number of fused-ring (bicyclic) bond motifs is 1. The fraction of sp³-hybridized carbons (Fsp3) is 0.0909. The third-order valence-corrected chi connectivity index (χ3v) is 2.34. The van der Waals surface area contributed by atoms with Crippen LogP contribution in [0.3, 0.4) is 0 Å². The summed E-state index contributed by atoms with van der Waals surface area (Å²) < 4.78 is 5.03. The van der Waals surface area contributed by atoms with Gasteiger partial charge in [0.1, 0.15) is 5.75 Å². The maximum atomic E-state index is 11.5. The summed E-state index contributed by atoms with van der Waals surface area (Å²) in [4.78, 5) is 25.6. The van der Waals surface area contributed by atoms with Crippen molar-refractivity contribution in [2.45, 2.75) is 0 Å². The van der Waals surface area contributed by atoms with Crippen molar-refractivity contribution in [3.8, 4) is 5.75 Å². The second-order valence-electron chi connectivity index (χ2n) is 3.30. The summed E-state index contributed by atoms with van der Waals surface area (Å²) in [5, 5.41) is 0.414. The number of methoxy groups -OCH3 is 1. The molecule has 0 fully saturated rings. The average molecular weight is 218 g/mol. The SMILES string of the molecule is COc1cc2[nH]ccc(=O)c2cc1C(N)=O. The van der Waals surface area contributed by atoms with Crippen LogP contribution in [0.25, 0.3) is 10.9 Å². The number of carbonyl (C=O) groups excluding carboxylic acids is 1. The molecule has 0 aliphatic heterocycles. The van der Waals surface area contributed by atoms with E-state index < -0.39 is 5.91 Å². The Labute approximate surface area is 90.8 Å². The highest BCUT2D eigenvalue weighted by molar-refractivity contribution is 5.99. The van der Waals surface area contributed by atoms with E-state index in [1.54, 1.807) is 6.07 Å². The molecule has 0 aliphatic carbocycles. The molecule has 0 radical (unpaired) electrons. The van der Waals surface area contributed by atoms with Gasteiger partial charge in [-0.1, -0.05) is 0 Å². The Morgan fingerprint density at radius 2 is 2.19 bits per heavy atom. The normalized spacial score (nSPS) is 10.3. The number of nitrogens with two attached hydrogens (primary N) is 1. The second kappa shape index (κ2) is 3.69. The highest BCUT2D eigenvalue weighted by Gasteiger charge is 2.11. The van der Waals surface area contributed by atoms with Crippen molar-refractivity contribution >= 4 is 16.8 Å². The molecule has 1 amide bonds. The van der Waals surface area contributed by atoms with E-state index in [0.717, 1.165) is 0 Å². The number of primary amides is 1. The molecule has 0 atom stereocenters. The molecule has 0 saturated carbocycles. The summed E-state index contributed by atoms with van der Waals surface area (Å²) in [6.45, 7) is 0. The van der Waals surface area contributed by atoms with Crippen LogP contribution in [-0.2, 0) is 0 Å². The average Bonchev–Trinajstić information content (AvgIpc) is 2.27. The molecule has 5 nitrogen and oxygen atoms in total. The first kappa shape index (κ1) is 10.2. The van der Waals surface area contributed by atoms with Gasteiger partial charge in [0.2, 0.25) is 0 Å². The minimum atomic E-state index is -0.623. The number of amides is 1. The zero-order valence-corrected chi connectivity index (χ0v) is 8.61. The van der Waals surface area contributed by atoms with Crippen LogP contribution in [0.1, 0.15) is 10.4 Å². The molecule has 1 aromatic carbocycles. The van der Waals surface area contributed by atoms with Crippen LogP contribution in [0.2, 0.25) is 0 Å². The van der Waals surface area contributed by atoms with Gasteiger partial charge in [-0.05, 0) is 6.07 Å². The zero-order chi connectivity index (χ0) is 11.7. The van der Waals surface area contributed by atoms with E-state index in [-0.39, 0.29) is 11.0 Å². The van der Waals surface area contributed by atoms with Crippen LogP contribution in [0.4, 0.5) is 0 Å². The van der Waals surface area contributed by atoms with Crippen LogP contribution < -0.4 is 15.9 Å². The molecule has 0 unspecified atom stereocenters. The smallest absolute Gasteiger partial charge is 0.252 e. The highest BCUT2D eigenvalue weighted by Crippen LogP contribution is 2.22. The number of aromatic amines is 1. The van der Waals surface area contributed by atoms with Crippen molar-refractivity contribution in [2.24, 2.45) is 5.73 Å². The van der Waals surface area contributed by atoms with E-state index in [9.17, 15) is 9.59 Å². The van der Waals surface area contributed by atoms with E-state index in [0.29, 0.717) is 16.7 Å². The van der Waals surface area contributed by atoms with Gasteiger partial charge in [-0.3, -0.25) is 9.59 Å². The molecular weight excluding hydrogens is 208 g/mol. The third-order valence-electron chi connectivity index (χ3n) is 2.34. The van der Waals surface area contributed by atoms with Crippen LogP contribution in [-0.4, -0.2) is 18.0 Å². The van der Waals surface area contributed by atoms with Crippen molar-refractivity contribution < 1.29 is 9.53 Å². The summed E-state index contributed by atoms with van der Waals surface area (Å²) in [5.41, 5.74) is 5.84. The number of hydrogen-bond acceptors (Lipinski definition) is 3. The number of hydrogen-bond donors (Lipinski definition) is 2. The van der Waals surface area contributed by atoms with Crippen molar-refractivity contribution in [1.82, 2.24) is 4.98 Å². The Bertz CT molecular complexity index is 616. The number of rotatable bonds is 2. The highest BCUT2D eigenvalue weighted by atomic mass is 16.5. The van der Waals surface area contributed by atoms with E-state index in [4.69, 9.17) is 10.5 Å². The topological polar surface area (TPSA) is 85.2 Å². The van der Waals surface area contributed by atoms with Gasteiger partial charge in [-0.15, -0.1) is 0 Å². The summed E-state index contributed by atoms with van der Waals surface area (Å²) in [6, 6.07) is 4.41. The number of aromatic nitrogens is 1. The molecule has 1 heterocycles. The van der Waals surface area contributed by atoms with Gasteiger partial charge in [0, 0.05) is 23.7 Å². The summed E-state index contributed by atoms with van der Waals surface area (Å²) >= 11 is 0. The number of nitrogens with one attached hydrogen (secondary N) is 1. The summed E-state index contributed by atoms with van der Waals surface area (Å²) in [6.07, 6.45) is 1.54. The fourth-order valence-electron chi connectivity index (χ4n) is 1.56. The first-order chi connectivity index (χ1) is 7.63. The van der Waals surface area contributed by atoms with Crippen molar-refractivity contribution in [3.63, 3.8) is 0 Å². The van der Waals surface area contributed by atoms with Crippen molar-refractivity contribution in [2.75, 3.05) is 7.11 Å². The number of pyridine rings is 1. The first-order valence-electron chi connectivity index (χ1n) is 4.62. The molecule has 82 valence electrons. The molecule has 2 aromatic rings. The summed E-state index contributed by atoms with van der Waals surface area (Å²) in [5.74, 6) is -0.274. The minimum Gasteiger partial charge on any atom is -0.496 e. The second-order valence-corrected chi connectivity index (χ2v) is 3.30. The van der Waals surface area contributed by atoms with Crippen LogP contribution in [0, 0.1) is 0 Å². The molecule has 0 aliphatic rings. The number of benzene rings is 1. The summed E-state index contributed by atoms with van der Waals surface area (Å²) in [7, 11) is 1.44. The van der Waals surface area contributed by atoms with Crippen molar-refractivity contribution in [1.29, 1.82) is 0 Å². The van der Waals surface area contributed by atoms with E-state index in [1.165, 1.54) is 25.4 Å². The first-order valence-corrected chi connectivity index (χ1v) is 4.62. The molecule has 0 saturated heterocycles. The predicted octanol–water partition coefficient (Wildman–Crippen LogP) is 0.636. The van der Waals surface area contributed by atoms with Crippen LogP contribution >= 0.6 is 0 Å². The molecule has 5 heteroatoms. The Kier molecular flexibility index (Phi) is 2.36. The Morgan fingerprint density at radius 3 is 2.81 bits per heavy atom. The molecule has 2 rings (SSSR count). The lowest BCUT2D eigenvalue weighted by Crippen LogP contribution is -2.13. The third kappa shape index (κ3) is 1.52. The number of H-pyrrole nitrogens is 1. The van der Waals surface area contributed by atoms with Gasteiger partial charge in [0.25, 0.3) is 5.91 Å². The van der Waals surface area contributed by atoms with Crippen LogP contribution in [0.5, 0.6) is 5.75 Å². The molecule has 3 N–H and O–H groups in total. The van der Waals surface area contributed by atoms with E-state index in [2.05, 4.69) is 4.98 Å². The fourth-order valence-corrected chi connectivity index (χ4v) is 1.56. The minimum absolute atomic E-state index is 0.168. The zero-order valence-electron chi connectivity index (χ0n) is 8.61. The number of carbonyl (C=O) groups is 1. The molecular formula is C11H10N2O3. The lowest BCUT2D eigenvalue weighted by atomic mass is 10.1. The largest absolute Gasteiger partial charge is 0.496 e. The van der Waals surface area contributed by atoms with Gasteiger partial charge in [-0.2, -0.15) is 0 Å². The lowest BCUT2D eigenvalue weighted by Gasteiger charge is -2.06. The standard InChI is InChI=1S/C11H10N2O3/c1-16-10-5-8-6(4-7(10)11(12)15)9(14)2-3-13-8/h2-5H,1H3,(H2,12,15)(H,13,14). The Hall–Kier alpha value is -2.30. The lowest BCUT2D eigenvalue weighted by molar-refractivity contribution is 0.0997. The number of ether oxygens (including phenoxy) is 1. The molecule has 16 heavy (non-hydrogen) atoms. The van der Waals surface area contributed by atoms with Crippen molar-refractivity contribution in [3.05, 3.63) is 40.2 Å². The maximum Gasteiger partial charge on any atom is 0.252 e. The molecule has 0 spiro atoms. The van der Waals surface area contributed by atoms with E-state index in [1.807, 2.05) is 0 Å². The van der Waals surface area contributed by atoms with Gasteiger partial charge in [-0.25, -0.2) is 0 Å². The van der Waals surface area contributed by atoms with Gasteiger partial charge in [0.15, 0.2) is 5.43 Å². The van der Waals surface area contributed by atoms with Gasteiger partial charge >= 0.3 is 0 Å². The molecule has 1 aromatic heterocycles.